The lowest BCUT2D eigenvalue weighted by molar-refractivity contribution is 0.631. The quantitative estimate of drug-likeness (QED) is 0.858. The predicted molar refractivity (Wildman–Crippen MR) is 69.3 cm³/mol. The monoisotopic (exact) mass is 229 g/mol. The molecule has 0 aliphatic heterocycles. The molecule has 2 heteroatoms. The SMILES string of the molecule is Cc1ccc(-c2ccccc2F)cc1CCN. The smallest absolute Gasteiger partial charge is 0.131 e. The molecule has 0 aliphatic carbocycles. The number of nitrogens with two attached hydrogens (primary N) is 1. The van der Waals surface area contributed by atoms with E-state index < -0.39 is 0 Å². The highest BCUT2D eigenvalue weighted by Gasteiger charge is 2.06. The maximum absolute atomic E-state index is 13.7. The lowest BCUT2D eigenvalue weighted by Crippen LogP contribution is -2.04. The van der Waals surface area contributed by atoms with Crippen molar-refractivity contribution in [2.24, 2.45) is 5.73 Å². The van der Waals surface area contributed by atoms with Crippen molar-refractivity contribution in [3.05, 3.63) is 59.4 Å². The van der Waals surface area contributed by atoms with Gasteiger partial charge in [0.1, 0.15) is 5.82 Å². The van der Waals surface area contributed by atoms with Gasteiger partial charge in [-0.3, -0.25) is 0 Å². The van der Waals surface area contributed by atoms with Crippen molar-refractivity contribution in [2.45, 2.75) is 13.3 Å². The number of hydrogen-bond acceptors (Lipinski definition) is 1. The van der Waals surface area contributed by atoms with E-state index in [0.717, 1.165) is 12.0 Å². The second-order valence-electron chi connectivity index (χ2n) is 4.16. The van der Waals surface area contributed by atoms with Gasteiger partial charge in [-0.2, -0.15) is 0 Å². The van der Waals surface area contributed by atoms with Crippen molar-refractivity contribution < 1.29 is 4.39 Å². The summed E-state index contributed by atoms with van der Waals surface area (Å²) in [6, 6.07) is 12.8. The van der Waals surface area contributed by atoms with E-state index >= 15 is 0 Å². The summed E-state index contributed by atoms with van der Waals surface area (Å²) in [5, 5.41) is 0. The molecular weight excluding hydrogens is 213 g/mol. The number of aryl methyl sites for hydroxylation is 1. The minimum atomic E-state index is -0.185. The van der Waals surface area contributed by atoms with Gasteiger partial charge in [0.05, 0.1) is 0 Å². The highest BCUT2D eigenvalue weighted by molar-refractivity contribution is 5.65. The Bertz CT molecular complexity index is 520. The van der Waals surface area contributed by atoms with Gasteiger partial charge in [-0.25, -0.2) is 4.39 Å². The molecule has 2 rings (SSSR count). The molecule has 0 fully saturated rings. The molecule has 88 valence electrons. The largest absolute Gasteiger partial charge is 0.330 e. The summed E-state index contributed by atoms with van der Waals surface area (Å²) in [5.41, 5.74) is 9.52. The Labute approximate surface area is 101 Å². The summed E-state index contributed by atoms with van der Waals surface area (Å²) in [6.07, 6.45) is 0.828. The molecule has 0 radical (unpaired) electrons. The minimum Gasteiger partial charge on any atom is -0.330 e. The van der Waals surface area contributed by atoms with E-state index in [4.69, 9.17) is 5.73 Å². The summed E-state index contributed by atoms with van der Waals surface area (Å²) in [7, 11) is 0. The fourth-order valence-corrected chi connectivity index (χ4v) is 1.96. The maximum atomic E-state index is 13.7. The molecule has 0 amide bonds. The van der Waals surface area contributed by atoms with Gasteiger partial charge >= 0.3 is 0 Å². The lowest BCUT2D eigenvalue weighted by atomic mass is 9.98. The molecule has 0 aliphatic rings. The topological polar surface area (TPSA) is 26.0 Å². The number of hydrogen-bond donors (Lipinski definition) is 1. The molecule has 2 N–H and O–H groups in total. The van der Waals surface area contributed by atoms with E-state index in [-0.39, 0.29) is 5.82 Å². The molecule has 0 saturated carbocycles. The molecule has 1 nitrogen and oxygen atoms in total. The van der Waals surface area contributed by atoms with E-state index in [1.807, 2.05) is 24.3 Å². The van der Waals surface area contributed by atoms with Gasteiger partial charge in [-0.15, -0.1) is 0 Å². The van der Waals surface area contributed by atoms with E-state index in [9.17, 15) is 4.39 Å². The zero-order chi connectivity index (χ0) is 12.3. The molecule has 0 bridgehead atoms. The van der Waals surface area contributed by atoms with E-state index in [1.165, 1.54) is 17.2 Å². The van der Waals surface area contributed by atoms with Crippen LogP contribution in [0.1, 0.15) is 11.1 Å². The molecule has 0 unspecified atom stereocenters. The van der Waals surface area contributed by atoms with Gasteiger partial charge in [0, 0.05) is 5.56 Å². The number of benzene rings is 2. The average molecular weight is 229 g/mol. The fraction of sp³-hybridized carbons (Fsp3) is 0.200. The van der Waals surface area contributed by atoms with Gasteiger partial charge < -0.3 is 5.73 Å². The predicted octanol–water partition coefficient (Wildman–Crippen LogP) is 3.30. The van der Waals surface area contributed by atoms with Crippen LogP contribution in [0, 0.1) is 12.7 Å². The van der Waals surface area contributed by atoms with E-state index in [1.54, 1.807) is 12.1 Å². The average Bonchev–Trinajstić information content (AvgIpc) is 2.33. The van der Waals surface area contributed by atoms with Crippen LogP contribution in [-0.4, -0.2) is 6.54 Å². The molecule has 17 heavy (non-hydrogen) atoms. The third-order valence-electron chi connectivity index (χ3n) is 2.95. The van der Waals surface area contributed by atoms with Gasteiger partial charge in [0.2, 0.25) is 0 Å². The standard InChI is InChI=1S/C15H16FN/c1-11-6-7-13(10-12(11)8-9-17)14-4-2-3-5-15(14)16/h2-7,10H,8-9,17H2,1H3. The maximum Gasteiger partial charge on any atom is 0.131 e. The lowest BCUT2D eigenvalue weighted by Gasteiger charge is -2.09. The Morgan fingerprint density at radius 3 is 2.59 bits per heavy atom. The molecule has 0 heterocycles. The Hall–Kier alpha value is -1.67. The molecular formula is C15H16FN. The summed E-state index contributed by atoms with van der Waals surface area (Å²) >= 11 is 0. The zero-order valence-electron chi connectivity index (χ0n) is 9.91. The van der Waals surface area contributed by atoms with Crippen LogP contribution < -0.4 is 5.73 Å². The van der Waals surface area contributed by atoms with Crippen LogP contribution in [0.4, 0.5) is 4.39 Å². The summed E-state index contributed by atoms with van der Waals surface area (Å²) in [5.74, 6) is -0.185. The van der Waals surface area contributed by atoms with Crippen molar-refractivity contribution in [1.29, 1.82) is 0 Å². The highest BCUT2D eigenvalue weighted by Crippen LogP contribution is 2.24. The molecule has 0 saturated heterocycles. The summed E-state index contributed by atoms with van der Waals surface area (Å²) < 4.78 is 13.7. The van der Waals surface area contributed by atoms with E-state index in [0.29, 0.717) is 12.1 Å². The Kier molecular flexibility index (Phi) is 3.55. The van der Waals surface area contributed by atoms with Crippen molar-refractivity contribution in [3.63, 3.8) is 0 Å². The van der Waals surface area contributed by atoms with Gasteiger partial charge in [-0.05, 0) is 42.6 Å². The first-order valence-corrected chi connectivity index (χ1v) is 5.77. The van der Waals surface area contributed by atoms with Gasteiger partial charge in [0.25, 0.3) is 0 Å². The first kappa shape index (κ1) is 11.8. The number of halogens is 1. The molecule has 0 atom stereocenters. The van der Waals surface area contributed by atoms with Crippen LogP contribution in [0.25, 0.3) is 11.1 Å². The Morgan fingerprint density at radius 2 is 1.88 bits per heavy atom. The van der Waals surface area contributed by atoms with Crippen LogP contribution in [-0.2, 0) is 6.42 Å². The highest BCUT2D eigenvalue weighted by atomic mass is 19.1. The van der Waals surface area contributed by atoms with Gasteiger partial charge in [-0.1, -0.05) is 36.4 Å². The molecule has 2 aromatic carbocycles. The van der Waals surface area contributed by atoms with E-state index in [2.05, 4.69) is 6.92 Å². The first-order valence-electron chi connectivity index (χ1n) is 5.77. The van der Waals surface area contributed by atoms with Crippen molar-refractivity contribution in [3.8, 4) is 11.1 Å². The zero-order valence-corrected chi connectivity index (χ0v) is 9.91. The Balaban J connectivity index is 2.46. The normalized spacial score (nSPS) is 10.5. The molecule has 0 spiro atoms. The first-order chi connectivity index (χ1) is 8.22. The van der Waals surface area contributed by atoms with Crippen molar-refractivity contribution in [2.75, 3.05) is 6.54 Å². The molecule has 2 aromatic rings. The Morgan fingerprint density at radius 1 is 1.12 bits per heavy atom. The second kappa shape index (κ2) is 5.11. The fourth-order valence-electron chi connectivity index (χ4n) is 1.96. The van der Waals surface area contributed by atoms with Crippen molar-refractivity contribution in [1.82, 2.24) is 0 Å². The van der Waals surface area contributed by atoms with Crippen molar-refractivity contribution >= 4 is 0 Å². The van der Waals surface area contributed by atoms with Crippen LogP contribution in [0.3, 0.4) is 0 Å². The second-order valence-corrected chi connectivity index (χ2v) is 4.16. The van der Waals surface area contributed by atoms with Crippen LogP contribution in [0.15, 0.2) is 42.5 Å². The minimum absolute atomic E-state index is 0.185. The summed E-state index contributed by atoms with van der Waals surface area (Å²) in [4.78, 5) is 0. The number of rotatable bonds is 3. The molecule has 0 aromatic heterocycles. The van der Waals surface area contributed by atoms with Crippen LogP contribution >= 0.6 is 0 Å². The third kappa shape index (κ3) is 2.53. The van der Waals surface area contributed by atoms with Crippen LogP contribution in [0.5, 0.6) is 0 Å². The van der Waals surface area contributed by atoms with Crippen LogP contribution in [0.2, 0.25) is 0 Å². The summed E-state index contributed by atoms with van der Waals surface area (Å²) in [6.45, 7) is 2.66. The third-order valence-corrected chi connectivity index (χ3v) is 2.95. The van der Waals surface area contributed by atoms with Gasteiger partial charge in [0.15, 0.2) is 0 Å².